The first-order chi connectivity index (χ1) is 10.1. The largest absolute Gasteiger partial charge is 0.460 e. The summed E-state index contributed by atoms with van der Waals surface area (Å²) in [5, 5.41) is 0. The second kappa shape index (κ2) is 7.62. The minimum atomic E-state index is -0.388. The summed E-state index contributed by atoms with van der Waals surface area (Å²) in [5.41, 5.74) is 0.733. The molecule has 1 saturated carbocycles. The van der Waals surface area contributed by atoms with Crippen molar-refractivity contribution in [1.82, 2.24) is 4.98 Å². The number of hydrogen-bond acceptors (Lipinski definition) is 4. The molecular weight excluding hydrogens is 266 g/mol. The fourth-order valence-corrected chi connectivity index (χ4v) is 3.01. The minimum Gasteiger partial charge on any atom is -0.460 e. The lowest BCUT2D eigenvalue weighted by Crippen LogP contribution is -2.07. The highest BCUT2D eigenvalue weighted by molar-refractivity contribution is 5.87. The number of oxazole rings is 1. The summed E-state index contributed by atoms with van der Waals surface area (Å²) < 4.78 is 10.8. The lowest BCUT2D eigenvalue weighted by Gasteiger charge is -2.10. The zero-order valence-corrected chi connectivity index (χ0v) is 13.5. The van der Waals surface area contributed by atoms with Crippen molar-refractivity contribution in [3.8, 4) is 0 Å². The Morgan fingerprint density at radius 2 is 1.95 bits per heavy atom. The molecule has 0 aliphatic heterocycles. The molecule has 0 amide bonds. The van der Waals surface area contributed by atoms with Crippen LogP contribution in [-0.4, -0.2) is 17.6 Å². The van der Waals surface area contributed by atoms with Crippen molar-refractivity contribution in [3.63, 3.8) is 0 Å². The van der Waals surface area contributed by atoms with Gasteiger partial charge in [0.05, 0.1) is 12.3 Å². The first-order valence-corrected chi connectivity index (χ1v) is 8.28. The fourth-order valence-electron chi connectivity index (χ4n) is 3.01. The van der Waals surface area contributed by atoms with E-state index < -0.39 is 0 Å². The number of esters is 1. The quantitative estimate of drug-likeness (QED) is 0.593. The minimum absolute atomic E-state index is 0.163. The third kappa shape index (κ3) is 4.32. The van der Waals surface area contributed by atoms with Gasteiger partial charge in [-0.3, -0.25) is 0 Å². The lowest BCUT2D eigenvalue weighted by molar-refractivity contribution is 0.0485. The highest BCUT2D eigenvalue weighted by atomic mass is 16.5. The van der Waals surface area contributed by atoms with Gasteiger partial charge in [0.25, 0.3) is 0 Å². The average Bonchev–Trinajstić information content (AvgIpc) is 2.69. The maximum absolute atomic E-state index is 12.0. The van der Waals surface area contributed by atoms with Gasteiger partial charge in [-0.25, -0.2) is 9.78 Å². The van der Waals surface area contributed by atoms with E-state index in [9.17, 15) is 4.79 Å². The molecule has 118 valence electrons. The van der Waals surface area contributed by atoms with Crippen LogP contribution in [0, 0.1) is 5.92 Å². The van der Waals surface area contributed by atoms with Crippen molar-refractivity contribution in [3.05, 3.63) is 17.3 Å². The molecule has 0 aromatic carbocycles. The Bertz CT molecular complexity index is 457. The molecule has 2 rings (SSSR count). The smallest absolute Gasteiger partial charge is 0.376 e. The Morgan fingerprint density at radius 3 is 2.52 bits per heavy atom. The molecule has 0 radical (unpaired) electrons. The summed E-state index contributed by atoms with van der Waals surface area (Å²) >= 11 is 0. The van der Waals surface area contributed by atoms with Gasteiger partial charge in [-0.05, 0) is 31.6 Å². The third-order valence-corrected chi connectivity index (χ3v) is 4.14. The van der Waals surface area contributed by atoms with Gasteiger partial charge >= 0.3 is 5.97 Å². The Hall–Kier alpha value is -1.32. The van der Waals surface area contributed by atoms with Crippen molar-refractivity contribution in [1.29, 1.82) is 0 Å². The van der Waals surface area contributed by atoms with Gasteiger partial charge in [0.15, 0.2) is 5.89 Å². The van der Waals surface area contributed by atoms with Crippen LogP contribution in [-0.2, 0) is 11.2 Å². The van der Waals surface area contributed by atoms with Crippen molar-refractivity contribution in [2.75, 3.05) is 6.61 Å². The van der Waals surface area contributed by atoms with E-state index in [-0.39, 0.29) is 11.9 Å². The molecule has 0 saturated heterocycles. The molecule has 21 heavy (non-hydrogen) atoms. The van der Waals surface area contributed by atoms with Gasteiger partial charge in [-0.15, -0.1) is 0 Å². The summed E-state index contributed by atoms with van der Waals surface area (Å²) in [6.45, 7) is 6.21. The molecule has 0 N–H and O–H groups in total. The Balaban J connectivity index is 2.12. The van der Waals surface area contributed by atoms with Gasteiger partial charge in [0.1, 0.15) is 0 Å². The van der Waals surface area contributed by atoms with E-state index >= 15 is 0 Å². The predicted octanol–water partition coefficient (Wildman–Crippen LogP) is 4.49. The molecule has 0 atom stereocenters. The predicted molar refractivity (Wildman–Crippen MR) is 81.4 cm³/mol. The molecule has 1 aliphatic rings. The van der Waals surface area contributed by atoms with Gasteiger partial charge in [-0.1, -0.05) is 39.5 Å². The van der Waals surface area contributed by atoms with Crippen LogP contribution >= 0.6 is 0 Å². The Labute approximate surface area is 127 Å². The van der Waals surface area contributed by atoms with Crippen LogP contribution in [0.15, 0.2) is 4.42 Å². The van der Waals surface area contributed by atoms with Crippen molar-refractivity contribution in [2.45, 2.75) is 71.6 Å². The van der Waals surface area contributed by atoms with Crippen LogP contribution in [0.3, 0.4) is 0 Å². The van der Waals surface area contributed by atoms with Crippen LogP contribution in [0.1, 0.15) is 87.4 Å². The number of carbonyl (C=O) groups excluding carboxylic acids is 1. The molecule has 1 heterocycles. The molecule has 4 heteroatoms. The SMILES string of the molecule is CCOC(=O)c1oc(CC2CCCCCC2)nc1C(C)C. The zero-order chi connectivity index (χ0) is 15.2. The first-order valence-electron chi connectivity index (χ1n) is 8.28. The number of ether oxygens (including phenoxy) is 1. The molecular formula is C17H27NO3. The van der Waals surface area contributed by atoms with E-state index in [4.69, 9.17) is 9.15 Å². The van der Waals surface area contributed by atoms with E-state index in [2.05, 4.69) is 4.98 Å². The van der Waals surface area contributed by atoms with E-state index in [1.165, 1.54) is 38.5 Å². The molecule has 0 unspecified atom stereocenters. The molecule has 1 fully saturated rings. The van der Waals surface area contributed by atoms with Crippen LogP contribution in [0.2, 0.25) is 0 Å². The first kappa shape index (κ1) is 16.1. The molecule has 0 bridgehead atoms. The van der Waals surface area contributed by atoms with E-state index in [0.717, 1.165) is 12.1 Å². The van der Waals surface area contributed by atoms with Gasteiger partial charge in [-0.2, -0.15) is 0 Å². The number of rotatable bonds is 5. The second-order valence-corrected chi connectivity index (χ2v) is 6.26. The monoisotopic (exact) mass is 293 g/mol. The molecule has 0 spiro atoms. The van der Waals surface area contributed by atoms with E-state index in [0.29, 0.717) is 24.2 Å². The van der Waals surface area contributed by atoms with E-state index in [1.54, 1.807) is 6.92 Å². The van der Waals surface area contributed by atoms with Gasteiger partial charge < -0.3 is 9.15 Å². The highest BCUT2D eigenvalue weighted by Crippen LogP contribution is 2.28. The zero-order valence-electron chi connectivity index (χ0n) is 13.5. The maximum Gasteiger partial charge on any atom is 0.376 e. The molecule has 1 aromatic heterocycles. The second-order valence-electron chi connectivity index (χ2n) is 6.26. The van der Waals surface area contributed by atoms with Crippen molar-refractivity contribution < 1.29 is 13.9 Å². The maximum atomic E-state index is 12.0. The van der Waals surface area contributed by atoms with Crippen LogP contribution in [0.4, 0.5) is 0 Å². The molecule has 4 nitrogen and oxygen atoms in total. The highest BCUT2D eigenvalue weighted by Gasteiger charge is 2.25. The third-order valence-electron chi connectivity index (χ3n) is 4.14. The average molecular weight is 293 g/mol. The summed E-state index contributed by atoms with van der Waals surface area (Å²) in [4.78, 5) is 16.5. The summed E-state index contributed by atoms with van der Waals surface area (Å²) in [6, 6.07) is 0. The number of hydrogen-bond donors (Lipinski definition) is 0. The topological polar surface area (TPSA) is 52.3 Å². The summed E-state index contributed by atoms with van der Waals surface area (Å²) in [7, 11) is 0. The van der Waals surface area contributed by atoms with E-state index in [1.807, 2.05) is 13.8 Å². The van der Waals surface area contributed by atoms with Gasteiger partial charge in [0.2, 0.25) is 5.76 Å². The van der Waals surface area contributed by atoms with Crippen molar-refractivity contribution >= 4 is 5.97 Å². The van der Waals surface area contributed by atoms with Crippen LogP contribution in [0.25, 0.3) is 0 Å². The summed E-state index contributed by atoms with van der Waals surface area (Å²) in [5.74, 6) is 1.42. The standard InChI is InChI=1S/C17H27NO3/c1-4-20-17(19)16-15(12(2)3)18-14(21-16)11-13-9-7-5-6-8-10-13/h12-13H,4-11H2,1-3H3. The van der Waals surface area contributed by atoms with Crippen LogP contribution < -0.4 is 0 Å². The Kier molecular flexibility index (Phi) is 5.83. The lowest BCUT2D eigenvalue weighted by atomic mass is 9.97. The number of carbonyl (C=O) groups is 1. The molecule has 1 aromatic rings. The van der Waals surface area contributed by atoms with Crippen LogP contribution in [0.5, 0.6) is 0 Å². The van der Waals surface area contributed by atoms with Crippen molar-refractivity contribution in [2.24, 2.45) is 5.92 Å². The number of nitrogens with zero attached hydrogens (tertiary/aromatic N) is 1. The summed E-state index contributed by atoms with van der Waals surface area (Å²) in [6.07, 6.45) is 8.61. The molecule has 1 aliphatic carbocycles. The Morgan fingerprint density at radius 1 is 1.29 bits per heavy atom. The fraction of sp³-hybridized carbons (Fsp3) is 0.765. The van der Waals surface area contributed by atoms with Gasteiger partial charge in [0, 0.05) is 6.42 Å². The number of aromatic nitrogens is 1. The normalized spacial score (nSPS) is 17.0.